The van der Waals surface area contributed by atoms with Gasteiger partial charge in [0.25, 0.3) is 0 Å². The summed E-state index contributed by atoms with van der Waals surface area (Å²) in [5.41, 5.74) is 0.352. The maximum atomic E-state index is 10.9. The number of fused-ring (bicyclic) bond motifs is 1. The molecule has 0 fully saturated rings. The zero-order chi connectivity index (χ0) is 13.3. The third-order valence-corrected chi connectivity index (χ3v) is 3.64. The molecule has 6 heteroatoms. The average molecular weight is 263 g/mol. The predicted molar refractivity (Wildman–Crippen MR) is 65.4 cm³/mol. The molecule has 92 valence electrons. The molecule has 2 unspecified atom stereocenters. The van der Waals surface area contributed by atoms with E-state index in [1.807, 2.05) is 0 Å². The number of aromatic carboxylic acids is 1. The minimum atomic E-state index is -1.54. The summed E-state index contributed by atoms with van der Waals surface area (Å²) in [5, 5.41) is 37.2. The summed E-state index contributed by atoms with van der Waals surface area (Å²) in [4.78, 5) is 11.0. The Balaban J connectivity index is 2.58. The number of thiophene rings is 1. The molecule has 18 heavy (non-hydrogen) atoms. The first kappa shape index (κ1) is 12.5. The van der Waals surface area contributed by atoms with Gasteiger partial charge < -0.3 is 15.3 Å². The van der Waals surface area contributed by atoms with Crippen LogP contribution >= 0.6 is 11.3 Å². The lowest BCUT2D eigenvalue weighted by Crippen LogP contribution is -2.15. The van der Waals surface area contributed by atoms with E-state index in [0.717, 1.165) is 11.3 Å². The number of aliphatic hydroxyl groups excluding tert-OH is 2. The lowest BCUT2D eigenvalue weighted by atomic mass is 10.0. The number of carboxylic acid groups (broad SMARTS) is 1. The van der Waals surface area contributed by atoms with Crippen molar-refractivity contribution in [1.82, 2.24) is 0 Å². The summed E-state index contributed by atoms with van der Waals surface area (Å²) in [6.07, 6.45) is -2.89. The first-order valence-corrected chi connectivity index (χ1v) is 5.87. The van der Waals surface area contributed by atoms with Gasteiger partial charge in [-0.05, 0) is 23.1 Å². The molecule has 2 rings (SSSR count). The average Bonchev–Trinajstić information content (AvgIpc) is 2.80. The first-order valence-electron chi connectivity index (χ1n) is 5.06. The molecule has 5 nitrogen and oxygen atoms in total. The number of carbonyl (C=O) groups is 1. The van der Waals surface area contributed by atoms with Gasteiger partial charge in [-0.2, -0.15) is 5.26 Å². The van der Waals surface area contributed by atoms with Crippen molar-refractivity contribution in [1.29, 1.82) is 5.26 Å². The number of nitrogens with zero attached hydrogens (tertiary/aromatic N) is 1. The van der Waals surface area contributed by atoms with E-state index >= 15 is 0 Å². The molecule has 0 aliphatic rings. The second-order valence-corrected chi connectivity index (χ2v) is 4.78. The lowest BCUT2D eigenvalue weighted by Gasteiger charge is -2.12. The van der Waals surface area contributed by atoms with E-state index in [4.69, 9.17) is 10.4 Å². The Morgan fingerprint density at radius 2 is 2.11 bits per heavy atom. The molecule has 0 radical (unpaired) electrons. The number of hydrogen-bond acceptors (Lipinski definition) is 5. The van der Waals surface area contributed by atoms with Gasteiger partial charge in [-0.25, -0.2) is 4.79 Å². The Kier molecular flexibility index (Phi) is 3.30. The molecule has 1 aromatic heterocycles. The monoisotopic (exact) mass is 263 g/mol. The van der Waals surface area contributed by atoms with Crippen molar-refractivity contribution in [3.63, 3.8) is 0 Å². The smallest absolute Gasteiger partial charge is 0.345 e. The van der Waals surface area contributed by atoms with Crippen molar-refractivity contribution in [3.05, 3.63) is 34.7 Å². The fourth-order valence-electron chi connectivity index (χ4n) is 1.69. The molecule has 0 aliphatic heterocycles. The molecule has 2 atom stereocenters. The van der Waals surface area contributed by atoms with E-state index in [9.17, 15) is 15.0 Å². The standard InChI is InChI=1S/C12H9NO4S/c13-5-8(14)11(15)6-2-1-3-9-7(6)4-10(18-9)12(16)17/h1-4,8,11,14-15H,(H,16,17). The largest absolute Gasteiger partial charge is 0.477 e. The molecule has 0 saturated heterocycles. The van der Waals surface area contributed by atoms with Crippen LogP contribution in [0.3, 0.4) is 0 Å². The van der Waals surface area contributed by atoms with Gasteiger partial charge in [-0.15, -0.1) is 11.3 Å². The Hall–Kier alpha value is -1.94. The summed E-state index contributed by atoms with van der Waals surface area (Å²) in [6, 6.07) is 7.92. The van der Waals surface area contributed by atoms with Crippen LogP contribution in [-0.4, -0.2) is 27.4 Å². The van der Waals surface area contributed by atoms with Crippen LogP contribution in [0.25, 0.3) is 10.1 Å². The third kappa shape index (κ3) is 2.07. The summed E-state index contributed by atoms with van der Waals surface area (Å²) >= 11 is 1.08. The third-order valence-electron chi connectivity index (χ3n) is 2.56. The van der Waals surface area contributed by atoms with Gasteiger partial charge in [0.05, 0.1) is 6.07 Å². The molecule has 0 aliphatic carbocycles. The Labute approximate surface area is 106 Å². The van der Waals surface area contributed by atoms with Crippen LogP contribution in [0.1, 0.15) is 21.3 Å². The van der Waals surface area contributed by atoms with E-state index in [1.165, 1.54) is 6.07 Å². The van der Waals surface area contributed by atoms with Crippen molar-refractivity contribution >= 4 is 27.4 Å². The number of benzene rings is 1. The van der Waals surface area contributed by atoms with E-state index in [1.54, 1.807) is 24.3 Å². The van der Waals surface area contributed by atoms with Gasteiger partial charge in [-0.1, -0.05) is 12.1 Å². The SMILES string of the molecule is N#CC(O)C(O)c1cccc2sc(C(=O)O)cc12. The molecule has 0 spiro atoms. The van der Waals surface area contributed by atoms with Crippen LogP contribution in [-0.2, 0) is 0 Å². The fraction of sp³-hybridized carbons (Fsp3) is 0.167. The van der Waals surface area contributed by atoms with Gasteiger partial charge in [0.15, 0.2) is 6.10 Å². The maximum Gasteiger partial charge on any atom is 0.345 e. The fourth-order valence-corrected chi connectivity index (χ4v) is 2.62. The molecule has 2 aromatic rings. The van der Waals surface area contributed by atoms with Crippen molar-refractivity contribution in [2.24, 2.45) is 0 Å². The normalized spacial score (nSPS) is 14.1. The molecular weight excluding hydrogens is 254 g/mol. The van der Waals surface area contributed by atoms with Crippen molar-refractivity contribution < 1.29 is 20.1 Å². The van der Waals surface area contributed by atoms with Crippen LogP contribution in [0.4, 0.5) is 0 Å². The summed E-state index contributed by atoms with van der Waals surface area (Å²) < 4.78 is 0.689. The van der Waals surface area contributed by atoms with Crippen LogP contribution in [0, 0.1) is 11.3 Å². The van der Waals surface area contributed by atoms with Gasteiger partial charge >= 0.3 is 5.97 Å². The molecule has 0 saturated carbocycles. The molecule has 0 amide bonds. The maximum absolute atomic E-state index is 10.9. The van der Waals surface area contributed by atoms with E-state index in [0.29, 0.717) is 15.6 Å². The summed E-state index contributed by atoms with van der Waals surface area (Å²) in [5.74, 6) is -1.04. The number of rotatable bonds is 3. The minimum absolute atomic E-state index is 0.149. The highest BCUT2D eigenvalue weighted by atomic mass is 32.1. The highest BCUT2D eigenvalue weighted by molar-refractivity contribution is 7.20. The zero-order valence-corrected chi connectivity index (χ0v) is 9.89. The second-order valence-electron chi connectivity index (χ2n) is 3.69. The van der Waals surface area contributed by atoms with Crippen LogP contribution < -0.4 is 0 Å². The number of hydrogen-bond donors (Lipinski definition) is 3. The van der Waals surface area contributed by atoms with Crippen LogP contribution in [0.15, 0.2) is 24.3 Å². The van der Waals surface area contributed by atoms with Gasteiger partial charge in [0, 0.05) is 4.70 Å². The summed E-state index contributed by atoms with van der Waals surface area (Å²) in [6.45, 7) is 0. The van der Waals surface area contributed by atoms with Crippen molar-refractivity contribution in [2.45, 2.75) is 12.2 Å². The Morgan fingerprint density at radius 1 is 1.39 bits per heavy atom. The number of carboxylic acids is 1. The van der Waals surface area contributed by atoms with Gasteiger partial charge in [0.2, 0.25) is 0 Å². The highest BCUT2D eigenvalue weighted by Gasteiger charge is 2.21. The topological polar surface area (TPSA) is 102 Å². The van der Waals surface area contributed by atoms with E-state index in [-0.39, 0.29) is 4.88 Å². The molecule has 1 aromatic carbocycles. The number of nitriles is 1. The Bertz CT molecular complexity index is 643. The lowest BCUT2D eigenvalue weighted by molar-refractivity contribution is 0.0538. The molecular formula is C12H9NO4S. The number of aliphatic hydroxyl groups is 2. The van der Waals surface area contributed by atoms with Crippen molar-refractivity contribution in [3.8, 4) is 6.07 Å². The molecule has 3 N–H and O–H groups in total. The van der Waals surface area contributed by atoms with Gasteiger partial charge in [0.1, 0.15) is 11.0 Å². The second kappa shape index (κ2) is 4.74. The van der Waals surface area contributed by atoms with Crippen molar-refractivity contribution in [2.75, 3.05) is 0 Å². The quantitative estimate of drug-likeness (QED) is 0.729. The van der Waals surface area contributed by atoms with Gasteiger partial charge in [-0.3, -0.25) is 0 Å². The molecule has 0 bridgehead atoms. The zero-order valence-electron chi connectivity index (χ0n) is 9.07. The van der Waals surface area contributed by atoms with E-state index in [2.05, 4.69) is 0 Å². The predicted octanol–water partition coefficient (Wildman–Crippen LogP) is 1.52. The molecule has 1 heterocycles. The highest BCUT2D eigenvalue weighted by Crippen LogP contribution is 2.32. The minimum Gasteiger partial charge on any atom is -0.477 e. The van der Waals surface area contributed by atoms with Crippen LogP contribution in [0.5, 0.6) is 0 Å². The summed E-state index contributed by atoms with van der Waals surface area (Å²) in [7, 11) is 0. The first-order chi connectivity index (χ1) is 8.54. The van der Waals surface area contributed by atoms with E-state index < -0.39 is 18.2 Å². The Morgan fingerprint density at radius 3 is 2.72 bits per heavy atom. The van der Waals surface area contributed by atoms with Crippen LogP contribution in [0.2, 0.25) is 0 Å².